The summed E-state index contributed by atoms with van der Waals surface area (Å²) in [6.45, 7) is 1.84. The molecule has 0 aliphatic heterocycles. The average Bonchev–Trinajstić information content (AvgIpc) is 2.66. The number of para-hydroxylation sites is 1. The van der Waals surface area contributed by atoms with Gasteiger partial charge in [0.2, 0.25) is 0 Å². The van der Waals surface area contributed by atoms with Gasteiger partial charge in [0.05, 0.1) is 19.4 Å². The molecule has 0 aliphatic carbocycles. The number of urea groups is 1. The molecule has 26 heavy (non-hydrogen) atoms. The number of carbonyl (C=O) groups excluding carboxylic acids is 2. The number of amides is 3. The Morgan fingerprint density at radius 1 is 1.15 bits per heavy atom. The summed E-state index contributed by atoms with van der Waals surface area (Å²) >= 11 is 6.01. The number of alkyl halides is 1. The number of hydrazine groups is 1. The van der Waals surface area contributed by atoms with Gasteiger partial charge in [-0.2, -0.15) is 5.01 Å². The van der Waals surface area contributed by atoms with Crippen molar-refractivity contribution in [1.29, 1.82) is 0 Å². The molecule has 0 heterocycles. The maximum Gasteiger partial charge on any atom is 0.426 e. The van der Waals surface area contributed by atoms with Crippen LogP contribution in [0, 0.1) is 0 Å². The van der Waals surface area contributed by atoms with Crippen LogP contribution in [0.5, 0.6) is 5.75 Å². The molecule has 7 nitrogen and oxygen atoms in total. The highest BCUT2D eigenvalue weighted by atomic mass is 35.5. The van der Waals surface area contributed by atoms with Crippen LogP contribution in [0.1, 0.15) is 12.5 Å². The normalized spacial score (nSPS) is 9.96. The molecule has 138 valence electrons. The zero-order valence-corrected chi connectivity index (χ0v) is 15.2. The van der Waals surface area contributed by atoms with Crippen molar-refractivity contribution in [1.82, 2.24) is 5.43 Å². The number of hydrogen-bond donors (Lipinski definition) is 2. The van der Waals surface area contributed by atoms with Gasteiger partial charge in [-0.05, 0) is 42.8 Å². The Morgan fingerprint density at radius 3 is 2.50 bits per heavy atom. The summed E-state index contributed by atoms with van der Waals surface area (Å²) in [5, 5.41) is 3.77. The fourth-order valence-corrected chi connectivity index (χ4v) is 2.40. The van der Waals surface area contributed by atoms with Gasteiger partial charge in [0.15, 0.2) is 0 Å². The average molecular weight is 378 g/mol. The van der Waals surface area contributed by atoms with Crippen molar-refractivity contribution in [3.8, 4) is 5.75 Å². The third kappa shape index (κ3) is 5.03. The Bertz CT molecular complexity index is 755. The maximum absolute atomic E-state index is 12.7. The third-order valence-electron chi connectivity index (χ3n) is 3.38. The van der Waals surface area contributed by atoms with E-state index in [1.54, 1.807) is 49.4 Å². The van der Waals surface area contributed by atoms with Crippen LogP contribution in [0.2, 0.25) is 0 Å². The molecule has 0 bridgehead atoms. The number of hydrogen-bond acceptors (Lipinski definition) is 4. The molecule has 8 heteroatoms. The van der Waals surface area contributed by atoms with Crippen molar-refractivity contribution in [3.05, 3.63) is 54.1 Å². The summed E-state index contributed by atoms with van der Waals surface area (Å²) in [4.78, 5) is 24.6. The van der Waals surface area contributed by atoms with Gasteiger partial charge in [-0.3, -0.25) is 0 Å². The minimum Gasteiger partial charge on any atom is -0.497 e. The van der Waals surface area contributed by atoms with E-state index >= 15 is 0 Å². The van der Waals surface area contributed by atoms with Gasteiger partial charge >= 0.3 is 12.1 Å². The van der Waals surface area contributed by atoms with E-state index in [0.717, 1.165) is 5.01 Å². The van der Waals surface area contributed by atoms with Crippen LogP contribution in [0.4, 0.5) is 21.0 Å². The van der Waals surface area contributed by atoms with E-state index in [1.807, 2.05) is 6.07 Å². The second-order valence-electron chi connectivity index (χ2n) is 5.09. The van der Waals surface area contributed by atoms with E-state index in [1.165, 1.54) is 7.11 Å². The molecule has 0 aromatic heterocycles. The quantitative estimate of drug-likeness (QED) is 0.606. The molecule has 2 aromatic rings. The number of carbonyl (C=O) groups is 2. The van der Waals surface area contributed by atoms with E-state index < -0.39 is 12.1 Å². The lowest BCUT2D eigenvalue weighted by Gasteiger charge is -2.25. The Balaban J connectivity index is 2.34. The number of anilines is 2. The number of halogens is 1. The summed E-state index contributed by atoms with van der Waals surface area (Å²) in [7, 11) is 1.53. The largest absolute Gasteiger partial charge is 0.497 e. The van der Waals surface area contributed by atoms with Gasteiger partial charge in [-0.25, -0.2) is 15.0 Å². The molecule has 0 atom stereocenters. The predicted molar refractivity (Wildman–Crippen MR) is 101 cm³/mol. The minimum absolute atomic E-state index is 0.117. The third-order valence-corrected chi connectivity index (χ3v) is 3.67. The lowest BCUT2D eigenvalue weighted by molar-refractivity contribution is 0.151. The first-order valence-electron chi connectivity index (χ1n) is 7.91. The van der Waals surface area contributed by atoms with Crippen LogP contribution in [0.15, 0.2) is 48.5 Å². The van der Waals surface area contributed by atoms with Gasteiger partial charge in [0.25, 0.3) is 0 Å². The van der Waals surface area contributed by atoms with Crippen molar-refractivity contribution in [2.75, 3.05) is 24.0 Å². The monoisotopic (exact) mass is 377 g/mol. The highest BCUT2D eigenvalue weighted by molar-refractivity contribution is 6.17. The molecule has 0 aliphatic rings. The number of rotatable bonds is 5. The smallest absolute Gasteiger partial charge is 0.426 e. The molecule has 3 amide bonds. The van der Waals surface area contributed by atoms with Crippen molar-refractivity contribution in [3.63, 3.8) is 0 Å². The fraction of sp³-hybridized carbons (Fsp3) is 0.222. The summed E-state index contributed by atoms with van der Waals surface area (Å²) in [6.07, 6.45) is -0.757. The standard InChI is InChI=1S/C18H20ClN3O4/c1-3-26-18(24)21-22(17(23)20-14-7-5-4-6-8-14)16-10-9-15(25-2)11-13(16)12-19/h4-11H,3,12H2,1-2H3,(H,20,23)(H,21,24). The fourth-order valence-electron chi connectivity index (χ4n) is 2.19. The molecule has 2 aromatic carbocycles. The highest BCUT2D eigenvalue weighted by Gasteiger charge is 2.22. The lowest BCUT2D eigenvalue weighted by atomic mass is 10.2. The SMILES string of the molecule is CCOC(=O)NN(C(=O)Nc1ccccc1)c1ccc(OC)cc1CCl. The van der Waals surface area contributed by atoms with Crippen LogP contribution in [0.25, 0.3) is 0 Å². The predicted octanol–water partition coefficient (Wildman–Crippen LogP) is 4.13. The van der Waals surface area contributed by atoms with E-state index in [-0.39, 0.29) is 12.5 Å². The molecule has 0 saturated carbocycles. The summed E-state index contributed by atoms with van der Waals surface area (Å²) in [5.41, 5.74) is 4.01. The van der Waals surface area contributed by atoms with E-state index in [2.05, 4.69) is 10.7 Å². The first-order valence-corrected chi connectivity index (χ1v) is 8.45. The van der Waals surface area contributed by atoms with Crippen LogP contribution in [-0.4, -0.2) is 25.8 Å². The van der Waals surface area contributed by atoms with Crippen LogP contribution >= 0.6 is 11.6 Å². The second-order valence-corrected chi connectivity index (χ2v) is 5.36. The van der Waals surface area contributed by atoms with Crippen molar-refractivity contribution < 1.29 is 19.1 Å². The molecule has 0 saturated heterocycles. The van der Waals surface area contributed by atoms with E-state index in [9.17, 15) is 9.59 Å². The topological polar surface area (TPSA) is 79.9 Å². The number of nitrogens with one attached hydrogen (secondary N) is 2. The first kappa shape index (κ1) is 19.4. The number of benzene rings is 2. The Morgan fingerprint density at radius 2 is 1.88 bits per heavy atom. The lowest BCUT2D eigenvalue weighted by Crippen LogP contribution is -2.49. The zero-order chi connectivity index (χ0) is 18.9. The molecule has 2 N–H and O–H groups in total. The molecule has 0 fully saturated rings. The Hall–Kier alpha value is -2.93. The van der Waals surface area contributed by atoms with Crippen LogP contribution in [-0.2, 0) is 10.6 Å². The van der Waals surface area contributed by atoms with E-state index in [4.69, 9.17) is 21.1 Å². The van der Waals surface area contributed by atoms with Gasteiger partial charge in [0.1, 0.15) is 5.75 Å². The van der Waals surface area contributed by atoms with Crippen LogP contribution < -0.4 is 20.5 Å². The number of nitrogens with zero attached hydrogens (tertiary/aromatic N) is 1. The molecule has 0 radical (unpaired) electrons. The zero-order valence-electron chi connectivity index (χ0n) is 14.5. The molecular weight excluding hydrogens is 358 g/mol. The Labute approximate surface area is 156 Å². The molecular formula is C18H20ClN3O4. The van der Waals surface area contributed by atoms with Crippen LogP contribution in [0.3, 0.4) is 0 Å². The second kappa shape index (κ2) is 9.53. The van der Waals surface area contributed by atoms with Gasteiger partial charge in [-0.15, -0.1) is 11.6 Å². The first-order chi connectivity index (χ1) is 12.6. The number of ether oxygens (including phenoxy) is 2. The maximum atomic E-state index is 12.7. The van der Waals surface area contributed by atoms with Crippen molar-refractivity contribution in [2.24, 2.45) is 0 Å². The highest BCUT2D eigenvalue weighted by Crippen LogP contribution is 2.27. The number of methoxy groups -OCH3 is 1. The molecule has 0 spiro atoms. The molecule has 2 rings (SSSR count). The molecule has 0 unspecified atom stereocenters. The van der Waals surface area contributed by atoms with E-state index in [0.29, 0.717) is 22.7 Å². The Kier molecular flexibility index (Phi) is 7.11. The summed E-state index contributed by atoms with van der Waals surface area (Å²) in [6, 6.07) is 13.3. The van der Waals surface area contributed by atoms with Crippen molar-refractivity contribution in [2.45, 2.75) is 12.8 Å². The summed E-state index contributed by atoms with van der Waals surface area (Å²) < 4.78 is 10.1. The van der Waals surface area contributed by atoms with Gasteiger partial charge in [0, 0.05) is 11.6 Å². The van der Waals surface area contributed by atoms with Crippen molar-refractivity contribution >= 4 is 35.1 Å². The van der Waals surface area contributed by atoms with Gasteiger partial charge < -0.3 is 14.8 Å². The minimum atomic E-state index is -0.757. The van der Waals surface area contributed by atoms with Gasteiger partial charge in [-0.1, -0.05) is 18.2 Å². The summed E-state index contributed by atoms with van der Waals surface area (Å²) in [5.74, 6) is 0.704.